The van der Waals surface area contributed by atoms with Crippen LogP contribution in [-0.4, -0.2) is 89.9 Å². The third-order valence-corrected chi connectivity index (χ3v) is 4.88. The first-order valence-electron chi connectivity index (χ1n) is 8.62. The van der Waals surface area contributed by atoms with Crippen LogP contribution in [0.3, 0.4) is 0 Å². The van der Waals surface area contributed by atoms with Gasteiger partial charge in [0.1, 0.15) is 6.04 Å². The molecule has 1 atom stereocenters. The summed E-state index contributed by atoms with van der Waals surface area (Å²) in [5, 5.41) is 2.82. The number of urea groups is 1. The maximum atomic E-state index is 12.5. The molecular weight excluding hydrogens is 340 g/mol. The Morgan fingerprint density at radius 2 is 1.88 bits per heavy atom. The highest BCUT2D eigenvalue weighted by Gasteiger charge is 2.26. The van der Waals surface area contributed by atoms with Crippen molar-refractivity contribution in [2.75, 3.05) is 52.1 Å². The smallest absolute Gasteiger partial charge is 0.318 e. The van der Waals surface area contributed by atoms with Crippen LogP contribution >= 0.6 is 11.8 Å². The van der Waals surface area contributed by atoms with E-state index in [9.17, 15) is 14.4 Å². The molecule has 0 aromatic carbocycles. The molecule has 3 amide bonds. The fourth-order valence-electron chi connectivity index (χ4n) is 2.50. The number of piperazine rings is 1. The highest BCUT2D eigenvalue weighted by atomic mass is 32.2. The van der Waals surface area contributed by atoms with Gasteiger partial charge >= 0.3 is 6.03 Å². The van der Waals surface area contributed by atoms with E-state index in [1.165, 1.54) is 18.7 Å². The first kappa shape index (κ1) is 21.5. The summed E-state index contributed by atoms with van der Waals surface area (Å²) in [5.74, 6) is 0.490. The van der Waals surface area contributed by atoms with Crippen LogP contribution in [0.4, 0.5) is 4.79 Å². The topological polar surface area (TPSA) is 73.0 Å². The van der Waals surface area contributed by atoms with Gasteiger partial charge in [0.25, 0.3) is 0 Å². The lowest BCUT2D eigenvalue weighted by molar-refractivity contribution is -0.134. The van der Waals surface area contributed by atoms with E-state index in [1.54, 1.807) is 22.8 Å². The zero-order valence-corrected chi connectivity index (χ0v) is 16.3. The number of amides is 3. The molecule has 25 heavy (non-hydrogen) atoms. The molecule has 1 N–H and O–H groups in total. The molecule has 0 aliphatic carbocycles. The molecule has 1 unspecified atom stereocenters. The number of hydrogen-bond donors (Lipinski definition) is 1. The lowest BCUT2D eigenvalue weighted by Crippen LogP contribution is -2.55. The Morgan fingerprint density at radius 3 is 2.44 bits per heavy atom. The number of nitrogens with one attached hydrogen (secondary N) is 1. The maximum Gasteiger partial charge on any atom is 0.318 e. The van der Waals surface area contributed by atoms with Gasteiger partial charge in [-0.1, -0.05) is 17.8 Å². The van der Waals surface area contributed by atoms with E-state index in [0.717, 1.165) is 13.1 Å². The van der Waals surface area contributed by atoms with Gasteiger partial charge < -0.3 is 20.0 Å². The third-order valence-electron chi connectivity index (χ3n) is 4.08. The zero-order valence-electron chi connectivity index (χ0n) is 15.5. The Morgan fingerprint density at radius 1 is 1.24 bits per heavy atom. The van der Waals surface area contributed by atoms with Gasteiger partial charge in [0.2, 0.25) is 5.91 Å². The van der Waals surface area contributed by atoms with Gasteiger partial charge in [0.15, 0.2) is 5.12 Å². The van der Waals surface area contributed by atoms with Crippen molar-refractivity contribution in [2.45, 2.75) is 26.3 Å². The first-order valence-corrected chi connectivity index (χ1v) is 9.60. The van der Waals surface area contributed by atoms with Crippen LogP contribution in [0, 0.1) is 0 Å². The van der Waals surface area contributed by atoms with Crippen LogP contribution in [0.5, 0.6) is 0 Å². The predicted molar refractivity (Wildman–Crippen MR) is 102 cm³/mol. The van der Waals surface area contributed by atoms with Gasteiger partial charge in [-0.3, -0.25) is 9.59 Å². The van der Waals surface area contributed by atoms with E-state index in [-0.39, 0.29) is 17.1 Å². The molecule has 0 aromatic heterocycles. The molecule has 0 spiro atoms. The fourth-order valence-corrected chi connectivity index (χ4v) is 3.10. The van der Waals surface area contributed by atoms with E-state index in [1.807, 2.05) is 7.05 Å². The second kappa shape index (κ2) is 11.1. The summed E-state index contributed by atoms with van der Waals surface area (Å²) in [4.78, 5) is 41.6. The summed E-state index contributed by atoms with van der Waals surface area (Å²) in [6, 6.07) is -0.844. The lowest BCUT2D eigenvalue weighted by atomic mass is 10.2. The summed E-state index contributed by atoms with van der Waals surface area (Å²) in [7, 11) is 2.03. The van der Waals surface area contributed by atoms with E-state index >= 15 is 0 Å². The molecule has 1 rings (SSSR count). The standard InChI is InChI=1S/C17H30N4O3S/c1-5-6-7-21(12-13-25-15(3)22)17(24)18-14(2)16(23)20-10-8-19(4)9-11-20/h5,14H,1,6-13H2,2-4H3,(H,18,24). The van der Waals surface area contributed by atoms with Crippen LogP contribution in [0.15, 0.2) is 12.7 Å². The molecule has 1 saturated heterocycles. The second-order valence-electron chi connectivity index (χ2n) is 6.20. The number of hydrogen-bond acceptors (Lipinski definition) is 5. The van der Waals surface area contributed by atoms with Gasteiger partial charge in [-0.25, -0.2) is 4.79 Å². The summed E-state index contributed by atoms with van der Waals surface area (Å²) < 4.78 is 0. The summed E-state index contributed by atoms with van der Waals surface area (Å²) in [6.07, 6.45) is 2.41. The van der Waals surface area contributed by atoms with E-state index < -0.39 is 6.04 Å². The number of nitrogens with zero attached hydrogens (tertiary/aromatic N) is 3. The first-order chi connectivity index (χ1) is 11.8. The minimum atomic E-state index is -0.567. The van der Waals surface area contributed by atoms with Crippen LogP contribution in [0.1, 0.15) is 20.3 Å². The van der Waals surface area contributed by atoms with Gasteiger partial charge in [0, 0.05) is 51.9 Å². The molecule has 0 radical (unpaired) electrons. The molecule has 1 aliphatic heterocycles. The largest absolute Gasteiger partial charge is 0.338 e. The molecular formula is C17H30N4O3S. The molecule has 7 nitrogen and oxygen atoms in total. The zero-order chi connectivity index (χ0) is 18.8. The van der Waals surface area contributed by atoms with Gasteiger partial charge in [0.05, 0.1) is 0 Å². The summed E-state index contributed by atoms with van der Waals surface area (Å²) in [5.41, 5.74) is 0. The van der Waals surface area contributed by atoms with Crippen molar-refractivity contribution in [3.8, 4) is 0 Å². The highest BCUT2D eigenvalue weighted by Crippen LogP contribution is 2.06. The second-order valence-corrected chi connectivity index (χ2v) is 7.48. The van der Waals surface area contributed by atoms with E-state index in [0.29, 0.717) is 38.4 Å². The average molecular weight is 371 g/mol. The van der Waals surface area contributed by atoms with Gasteiger partial charge in [-0.05, 0) is 20.4 Å². The van der Waals surface area contributed by atoms with Crippen LogP contribution < -0.4 is 5.32 Å². The quantitative estimate of drug-likeness (QED) is 0.646. The molecule has 0 saturated carbocycles. The van der Waals surface area contributed by atoms with E-state index in [2.05, 4.69) is 16.8 Å². The fraction of sp³-hybridized carbons (Fsp3) is 0.706. The van der Waals surface area contributed by atoms with Crippen molar-refractivity contribution >= 4 is 28.8 Å². The molecule has 142 valence electrons. The van der Waals surface area contributed by atoms with Crippen molar-refractivity contribution in [1.82, 2.24) is 20.0 Å². The minimum absolute atomic E-state index is 0.0303. The van der Waals surface area contributed by atoms with Crippen molar-refractivity contribution in [3.63, 3.8) is 0 Å². The molecule has 1 heterocycles. The summed E-state index contributed by atoms with van der Waals surface area (Å²) >= 11 is 1.19. The van der Waals surface area contributed by atoms with E-state index in [4.69, 9.17) is 0 Å². The van der Waals surface area contributed by atoms with Crippen molar-refractivity contribution in [3.05, 3.63) is 12.7 Å². The minimum Gasteiger partial charge on any atom is -0.338 e. The summed E-state index contributed by atoms with van der Waals surface area (Å²) in [6.45, 7) is 10.9. The number of rotatable bonds is 8. The number of carbonyl (C=O) groups excluding carboxylic acids is 3. The van der Waals surface area contributed by atoms with Crippen LogP contribution in [0.25, 0.3) is 0 Å². The Hall–Kier alpha value is -1.54. The Kier molecular flexibility index (Phi) is 9.59. The number of carbonyl (C=O) groups is 3. The third kappa shape index (κ3) is 7.92. The predicted octanol–water partition coefficient (Wildman–Crippen LogP) is 1.02. The molecule has 1 fully saturated rings. The SMILES string of the molecule is C=CCCN(CCSC(C)=O)C(=O)NC(C)C(=O)N1CCN(C)CC1. The van der Waals surface area contributed by atoms with Gasteiger partial charge in [-0.15, -0.1) is 6.58 Å². The Labute approximate surface area is 154 Å². The molecule has 8 heteroatoms. The lowest BCUT2D eigenvalue weighted by Gasteiger charge is -2.34. The molecule has 0 bridgehead atoms. The van der Waals surface area contributed by atoms with Crippen LogP contribution in [0.2, 0.25) is 0 Å². The van der Waals surface area contributed by atoms with Crippen LogP contribution in [-0.2, 0) is 9.59 Å². The highest BCUT2D eigenvalue weighted by molar-refractivity contribution is 8.13. The maximum absolute atomic E-state index is 12.5. The van der Waals surface area contributed by atoms with Crippen molar-refractivity contribution in [2.24, 2.45) is 0 Å². The van der Waals surface area contributed by atoms with Crippen molar-refractivity contribution in [1.29, 1.82) is 0 Å². The molecule has 1 aliphatic rings. The number of likely N-dealkylation sites (N-methyl/N-ethyl adjacent to an activating group) is 1. The normalized spacial score (nSPS) is 16.2. The van der Waals surface area contributed by atoms with Crippen molar-refractivity contribution < 1.29 is 14.4 Å². The average Bonchev–Trinajstić information content (AvgIpc) is 2.57. The molecule has 0 aromatic rings. The van der Waals surface area contributed by atoms with Gasteiger partial charge in [-0.2, -0.15) is 0 Å². The Bertz CT molecular complexity index is 479. The Balaban J connectivity index is 2.53. The number of thioether (sulfide) groups is 1. The monoisotopic (exact) mass is 370 g/mol.